The highest BCUT2D eigenvalue weighted by molar-refractivity contribution is 7.89. The second kappa shape index (κ2) is 9.97. The zero-order valence-electron chi connectivity index (χ0n) is 18.6. The third-order valence-electron chi connectivity index (χ3n) is 4.70. The van der Waals surface area contributed by atoms with E-state index in [1.807, 2.05) is 6.07 Å². The zero-order chi connectivity index (χ0) is 24.1. The van der Waals surface area contributed by atoms with Crippen LogP contribution in [0.1, 0.15) is 39.4 Å². The van der Waals surface area contributed by atoms with Gasteiger partial charge in [0.15, 0.2) is 0 Å². The summed E-state index contributed by atoms with van der Waals surface area (Å²) in [7, 11) is -3.79. The first kappa shape index (κ1) is 24.1. The van der Waals surface area contributed by atoms with Gasteiger partial charge in [-0.3, -0.25) is 0 Å². The molecule has 176 valence electrons. The molecule has 0 atom stereocenters. The van der Waals surface area contributed by atoms with E-state index in [1.54, 1.807) is 37.8 Å². The number of allylic oxidation sites excluding steroid dienone is 1. The Morgan fingerprint density at radius 1 is 1.33 bits per heavy atom. The minimum Gasteiger partial charge on any atom is -0.444 e. The Kier molecular flexibility index (Phi) is 7.29. The lowest BCUT2D eigenvalue weighted by Crippen LogP contribution is -2.47. The first-order valence-corrected chi connectivity index (χ1v) is 11.8. The van der Waals surface area contributed by atoms with Gasteiger partial charge in [0.05, 0.1) is 4.90 Å². The molecule has 1 fully saturated rings. The summed E-state index contributed by atoms with van der Waals surface area (Å²) in [4.78, 5) is 13.9. The van der Waals surface area contributed by atoms with Crippen molar-refractivity contribution >= 4 is 27.4 Å². The van der Waals surface area contributed by atoms with E-state index in [0.717, 1.165) is 0 Å². The Hall–Kier alpha value is -3.50. The number of aromatic nitrogens is 4. The van der Waals surface area contributed by atoms with Crippen LogP contribution in [-0.4, -0.2) is 64.8 Å². The first-order valence-electron chi connectivity index (χ1n) is 10.3. The van der Waals surface area contributed by atoms with Gasteiger partial charge in [-0.05, 0) is 57.0 Å². The van der Waals surface area contributed by atoms with E-state index in [0.29, 0.717) is 31.6 Å². The number of sulfonamides is 1. The van der Waals surface area contributed by atoms with Crippen LogP contribution in [-0.2, 0) is 14.8 Å². The summed E-state index contributed by atoms with van der Waals surface area (Å²) in [6.07, 6.45) is 1.94. The van der Waals surface area contributed by atoms with Crippen LogP contribution < -0.4 is 10.0 Å². The van der Waals surface area contributed by atoms with Crippen LogP contribution in [0.5, 0.6) is 0 Å². The number of carbonyl (C=O) groups is 1. The molecule has 0 saturated carbocycles. The summed E-state index contributed by atoms with van der Waals surface area (Å²) in [5.41, 5.74) is 0.0179. The number of tetrazole rings is 1. The molecule has 2 aromatic rings. The second-order valence-corrected chi connectivity index (χ2v) is 10.2. The molecule has 33 heavy (non-hydrogen) atoms. The van der Waals surface area contributed by atoms with Crippen molar-refractivity contribution in [2.75, 3.05) is 18.4 Å². The fourth-order valence-electron chi connectivity index (χ4n) is 3.13. The average Bonchev–Trinajstić information content (AvgIpc) is 3.28. The van der Waals surface area contributed by atoms with Gasteiger partial charge in [-0.2, -0.15) is 10.5 Å². The fourth-order valence-corrected chi connectivity index (χ4v) is 4.48. The van der Waals surface area contributed by atoms with Crippen molar-refractivity contribution in [3.8, 4) is 6.07 Å². The summed E-state index contributed by atoms with van der Waals surface area (Å²) in [5, 5.41) is 25.3. The van der Waals surface area contributed by atoms with Crippen molar-refractivity contribution in [3.63, 3.8) is 0 Å². The molecular weight excluding hydrogens is 448 g/mol. The fraction of sp³-hybridized carbons (Fsp3) is 0.450. The van der Waals surface area contributed by atoms with Gasteiger partial charge < -0.3 is 15.0 Å². The van der Waals surface area contributed by atoms with Crippen molar-refractivity contribution in [2.45, 2.75) is 50.2 Å². The summed E-state index contributed by atoms with van der Waals surface area (Å²) in [6.45, 7) is 6.22. The summed E-state index contributed by atoms with van der Waals surface area (Å²) < 4.78 is 33.9. The zero-order valence-corrected chi connectivity index (χ0v) is 19.4. The van der Waals surface area contributed by atoms with Crippen molar-refractivity contribution < 1.29 is 17.9 Å². The molecule has 1 aliphatic rings. The maximum atomic E-state index is 12.9. The Bertz CT molecular complexity index is 1140. The minimum atomic E-state index is -3.79. The number of nitriles is 1. The third-order valence-corrected chi connectivity index (χ3v) is 6.22. The van der Waals surface area contributed by atoms with Gasteiger partial charge >= 0.3 is 6.09 Å². The molecule has 0 bridgehead atoms. The number of piperidine rings is 1. The molecule has 2 heterocycles. The molecule has 1 aromatic carbocycles. The van der Waals surface area contributed by atoms with Crippen molar-refractivity contribution in [2.24, 2.45) is 0 Å². The number of nitrogens with zero attached hydrogens (tertiary/aromatic N) is 5. The van der Waals surface area contributed by atoms with Crippen LogP contribution >= 0.6 is 0 Å². The average molecular weight is 475 g/mol. The quantitative estimate of drug-likeness (QED) is 0.529. The number of nitrogens with one attached hydrogen (secondary N) is 3. The predicted molar refractivity (Wildman–Crippen MR) is 119 cm³/mol. The molecule has 12 nitrogen and oxygen atoms in total. The number of carbonyl (C=O) groups excluding carboxylic acids is 1. The summed E-state index contributed by atoms with van der Waals surface area (Å²) >= 11 is 0. The number of rotatable bonds is 6. The first-order chi connectivity index (χ1) is 15.6. The third kappa shape index (κ3) is 6.74. The second-order valence-electron chi connectivity index (χ2n) is 8.44. The van der Waals surface area contributed by atoms with E-state index >= 15 is 0 Å². The molecule has 13 heteroatoms. The molecule has 3 N–H and O–H groups in total. The van der Waals surface area contributed by atoms with E-state index in [-0.39, 0.29) is 22.3 Å². The molecule has 0 spiro atoms. The van der Waals surface area contributed by atoms with Gasteiger partial charge in [-0.1, -0.05) is 6.07 Å². The normalized spacial score (nSPS) is 15.7. The summed E-state index contributed by atoms with van der Waals surface area (Å²) in [6, 6.07) is 7.85. The highest BCUT2D eigenvalue weighted by Gasteiger charge is 2.29. The van der Waals surface area contributed by atoms with Crippen LogP contribution in [0, 0.1) is 11.3 Å². The molecular formula is C20H26N8O4S. The van der Waals surface area contributed by atoms with E-state index in [9.17, 15) is 18.5 Å². The lowest BCUT2D eigenvalue weighted by molar-refractivity contribution is 0.0203. The minimum absolute atomic E-state index is 0.0774. The Morgan fingerprint density at radius 2 is 2.06 bits per heavy atom. The van der Waals surface area contributed by atoms with Gasteiger partial charge in [-0.25, -0.2) is 17.9 Å². The SMILES string of the molecule is CC(C)(C)OC(=O)N1CCC(NS(=O)(=O)c2cccc(NC=C(C#N)c3nn[nH]n3)c2)CC1. The number of H-pyrrole nitrogens is 1. The van der Waals surface area contributed by atoms with Gasteiger partial charge in [0.1, 0.15) is 17.2 Å². The smallest absolute Gasteiger partial charge is 0.410 e. The van der Waals surface area contributed by atoms with Crippen molar-refractivity contribution in [3.05, 3.63) is 36.3 Å². The van der Waals surface area contributed by atoms with Crippen molar-refractivity contribution in [1.82, 2.24) is 30.2 Å². The number of ether oxygens (including phenoxy) is 1. The van der Waals surface area contributed by atoms with Crippen molar-refractivity contribution in [1.29, 1.82) is 5.26 Å². The lowest BCUT2D eigenvalue weighted by atomic mass is 10.1. The van der Waals surface area contributed by atoms with Gasteiger partial charge in [0.2, 0.25) is 15.8 Å². The molecule has 0 aliphatic carbocycles. The van der Waals surface area contributed by atoms with Crippen LogP contribution in [0.3, 0.4) is 0 Å². The number of anilines is 1. The molecule has 3 rings (SSSR count). The number of benzene rings is 1. The lowest BCUT2D eigenvalue weighted by Gasteiger charge is -2.33. The molecule has 1 amide bonds. The molecule has 0 radical (unpaired) electrons. The Balaban J connectivity index is 1.61. The van der Waals surface area contributed by atoms with Gasteiger partial charge in [0, 0.05) is 31.0 Å². The Morgan fingerprint density at radius 3 is 2.67 bits per heavy atom. The maximum Gasteiger partial charge on any atom is 0.410 e. The molecule has 1 aromatic heterocycles. The number of hydrogen-bond acceptors (Lipinski definition) is 9. The van der Waals surface area contributed by atoms with Crippen LogP contribution in [0.25, 0.3) is 5.57 Å². The van der Waals surface area contributed by atoms with E-state index in [1.165, 1.54) is 18.3 Å². The van der Waals surface area contributed by atoms with Crippen LogP contribution in [0.2, 0.25) is 0 Å². The molecule has 1 saturated heterocycles. The van der Waals surface area contributed by atoms with Gasteiger partial charge in [-0.15, -0.1) is 10.2 Å². The number of likely N-dealkylation sites (tertiary alicyclic amines) is 1. The van der Waals surface area contributed by atoms with Gasteiger partial charge in [0.25, 0.3) is 0 Å². The largest absolute Gasteiger partial charge is 0.444 e. The van der Waals surface area contributed by atoms with E-state index in [4.69, 9.17) is 4.74 Å². The number of aromatic amines is 1. The highest BCUT2D eigenvalue weighted by atomic mass is 32.2. The van der Waals surface area contributed by atoms with Crippen LogP contribution in [0.4, 0.5) is 10.5 Å². The number of hydrogen-bond donors (Lipinski definition) is 3. The predicted octanol–water partition coefficient (Wildman–Crippen LogP) is 1.85. The van der Waals surface area contributed by atoms with Crippen LogP contribution in [0.15, 0.2) is 35.4 Å². The number of amides is 1. The Labute approximate surface area is 192 Å². The monoisotopic (exact) mass is 474 g/mol. The molecule has 0 unspecified atom stereocenters. The topological polar surface area (TPSA) is 166 Å². The standard InChI is InChI=1S/C20H26N8O4S/c1-20(2,3)32-19(29)28-9-7-15(8-10-28)25-33(30,31)17-6-4-5-16(11-17)22-13-14(12-21)18-23-26-27-24-18/h4-6,11,13,15,22,25H,7-10H2,1-3H3,(H,23,24,26,27). The molecule has 1 aliphatic heterocycles. The summed E-state index contributed by atoms with van der Waals surface area (Å²) in [5.74, 6) is 0.119. The van der Waals surface area contributed by atoms with E-state index in [2.05, 4.69) is 30.7 Å². The highest BCUT2D eigenvalue weighted by Crippen LogP contribution is 2.20. The van der Waals surface area contributed by atoms with E-state index < -0.39 is 21.7 Å². The maximum absolute atomic E-state index is 12.9.